The van der Waals surface area contributed by atoms with E-state index in [9.17, 15) is 10.1 Å². The third kappa shape index (κ3) is 4.22. The molecule has 5 rings (SSSR count). The van der Waals surface area contributed by atoms with Gasteiger partial charge in [-0.1, -0.05) is 18.2 Å². The van der Waals surface area contributed by atoms with Crippen LogP contribution in [0.25, 0.3) is 27.6 Å². The van der Waals surface area contributed by atoms with Crippen LogP contribution >= 0.6 is 0 Å². The Morgan fingerprint density at radius 3 is 2.23 bits per heavy atom. The Bertz CT molecular complexity index is 1500. The maximum absolute atomic E-state index is 13.6. The van der Waals surface area contributed by atoms with Gasteiger partial charge in [-0.2, -0.15) is 5.26 Å². The zero-order chi connectivity index (χ0) is 24.7. The number of fused-ring (bicyclic) bond motifs is 1. The first-order valence-electron chi connectivity index (χ1n) is 12.0. The lowest BCUT2D eigenvalue weighted by molar-refractivity contribution is -0.00521. The number of hydrogen-bond donors (Lipinski definition) is 0. The van der Waals surface area contributed by atoms with Crippen molar-refractivity contribution in [1.29, 1.82) is 5.26 Å². The molecule has 3 aromatic carbocycles. The summed E-state index contributed by atoms with van der Waals surface area (Å²) >= 11 is 0. The van der Waals surface area contributed by atoms with Gasteiger partial charge < -0.3 is 9.64 Å². The van der Waals surface area contributed by atoms with E-state index in [-0.39, 0.29) is 17.8 Å². The third-order valence-electron chi connectivity index (χ3n) is 6.79. The van der Waals surface area contributed by atoms with Crippen LogP contribution in [-0.4, -0.2) is 29.9 Å². The Labute approximate surface area is 205 Å². The molecule has 0 radical (unpaired) electrons. The van der Waals surface area contributed by atoms with Crippen LogP contribution in [0.5, 0.6) is 0 Å². The summed E-state index contributed by atoms with van der Waals surface area (Å²) in [6, 6.07) is 22.0. The first-order chi connectivity index (χ1) is 16.9. The van der Waals surface area contributed by atoms with Crippen molar-refractivity contribution in [2.24, 2.45) is 0 Å². The van der Waals surface area contributed by atoms with Crippen LogP contribution in [0.2, 0.25) is 0 Å². The third-order valence-corrected chi connectivity index (χ3v) is 6.79. The molecule has 0 aliphatic carbocycles. The van der Waals surface area contributed by atoms with Crippen LogP contribution in [0.15, 0.2) is 71.7 Å². The molecule has 0 N–H and O–H groups in total. The number of ether oxygens (including phenoxy) is 1. The highest BCUT2D eigenvalue weighted by Crippen LogP contribution is 2.32. The molecule has 0 bridgehead atoms. The molecule has 176 valence electrons. The molecular formula is C30H29N3O2. The smallest absolute Gasteiger partial charge is 0.262 e. The van der Waals surface area contributed by atoms with Crippen molar-refractivity contribution >= 4 is 16.5 Å². The van der Waals surface area contributed by atoms with Crippen molar-refractivity contribution in [1.82, 2.24) is 4.57 Å². The fourth-order valence-electron chi connectivity index (χ4n) is 5.27. The van der Waals surface area contributed by atoms with E-state index in [1.165, 1.54) is 0 Å². The van der Waals surface area contributed by atoms with Gasteiger partial charge in [-0.25, -0.2) is 0 Å². The molecule has 1 aromatic heterocycles. The first kappa shape index (κ1) is 22.9. The lowest BCUT2D eigenvalue weighted by Crippen LogP contribution is -2.45. The van der Waals surface area contributed by atoms with Gasteiger partial charge >= 0.3 is 0 Å². The van der Waals surface area contributed by atoms with Crippen molar-refractivity contribution in [2.45, 2.75) is 39.9 Å². The van der Waals surface area contributed by atoms with E-state index in [1.807, 2.05) is 68.6 Å². The van der Waals surface area contributed by atoms with Gasteiger partial charge in [0.2, 0.25) is 0 Å². The number of anilines is 1. The predicted octanol–water partition coefficient (Wildman–Crippen LogP) is 5.76. The van der Waals surface area contributed by atoms with Crippen LogP contribution in [0.4, 0.5) is 5.69 Å². The number of aromatic nitrogens is 1. The molecule has 1 aliphatic rings. The molecule has 4 aromatic rings. The first-order valence-corrected chi connectivity index (χ1v) is 12.0. The molecule has 1 saturated heterocycles. The zero-order valence-electron chi connectivity index (χ0n) is 20.6. The number of pyridine rings is 1. The summed E-state index contributed by atoms with van der Waals surface area (Å²) < 4.78 is 7.60. The fraction of sp³-hybridized carbons (Fsp3) is 0.267. The summed E-state index contributed by atoms with van der Waals surface area (Å²) in [7, 11) is 0. The zero-order valence-corrected chi connectivity index (χ0v) is 20.6. The van der Waals surface area contributed by atoms with Gasteiger partial charge in [0.25, 0.3) is 5.56 Å². The summed E-state index contributed by atoms with van der Waals surface area (Å²) in [5.41, 5.74) is 6.67. The topological polar surface area (TPSA) is 58.3 Å². The number of morpholine rings is 1. The highest BCUT2D eigenvalue weighted by Gasteiger charge is 2.22. The average Bonchev–Trinajstić information content (AvgIpc) is 2.85. The monoisotopic (exact) mass is 463 g/mol. The van der Waals surface area contributed by atoms with Crippen molar-refractivity contribution in [3.63, 3.8) is 0 Å². The number of nitrogens with zero attached hydrogens (tertiary/aromatic N) is 3. The standard InChI is InChI=1S/C30H29N3O2/c1-19-14-23(15-31)8-13-26(19)27-6-5-7-28-29(27)20(2)16-33(30(28)34)25-11-9-24(10-12-25)32-17-21(3)35-22(4)18-32/h5-14,16,21-22H,17-18H2,1-4H3/t21-,22?/m1/s1. The Morgan fingerprint density at radius 2 is 1.57 bits per heavy atom. The molecule has 1 aliphatic heterocycles. The van der Waals surface area contributed by atoms with E-state index < -0.39 is 0 Å². The SMILES string of the molecule is Cc1cc(C#N)ccc1-c1cccc2c(=O)n(-c3ccc(N4CC(C)O[C@H](C)C4)cc3)cc(C)c12. The summed E-state index contributed by atoms with van der Waals surface area (Å²) in [5, 5.41) is 10.9. The molecule has 35 heavy (non-hydrogen) atoms. The van der Waals surface area contributed by atoms with Crippen LogP contribution in [0.3, 0.4) is 0 Å². The molecule has 5 heteroatoms. The van der Waals surface area contributed by atoms with E-state index in [0.29, 0.717) is 10.9 Å². The van der Waals surface area contributed by atoms with E-state index in [0.717, 1.165) is 52.1 Å². The summed E-state index contributed by atoms with van der Waals surface area (Å²) in [4.78, 5) is 16.0. The Morgan fingerprint density at radius 1 is 0.886 bits per heavy atom. The van der Waals surface area contributed by atoms with E-state index in [2.05, 4.69) is 36.9 Å². The van der Waals surface area contributed by atoms with Crippen molar-refractivity contribution in [2.75, 3.05) is 18.0 Å². The lowest BCUT2D eigenvalue weighted by Gasteiger charge is -2.36. The number of hydrogen-bond acceptors (Lipinski definition) is 4. The second-order valence-corrected chi connectivity index (χ2v) is 9.54. The Hall–Kier alpha value is -3.88. The summed E-state index contributed by atoms with van der Waals surface area (Å²) in [6.45, 7) is 9.96. The average molecular weight is 464 g/mol. The quantitative estimate of drug-likeness (QED) is 0.388. The minimum atomic E-state index is -0.0416. The van der Waals surface area contributed by atoms with Crippen LogP contribution < -0.4 is 10.5 Å². The molecular weight excluding hydrogens is 434 g/mol. The van der Waals surface area contributed by atoms with Gasteiger partial charge in [0.1, 0.15) is 0 Å². The van der Waals surface area contributed by atoms with Crippen molar-refractivity contribution in [3.8, 4) is 22.9 Å². The van der Waals surface area contributed by atoms with Crippen LogP contribution in [0.1, 0.15) is 30.5 Å². The highest BCUT2D eigenvalue weighted by molar-refractivity contribution is 5.99. The normalized spacial score (nSPS) is 18.0. The lowest BCUT2D eigenvalue weighted by atomic mass is 9.93. The van der Waals surface area contributed by atoms with Crippen LogP contribution in [0, 0.1) is 25.2 Å². The number of nitriles is 1. The number of benzene rings is 3. The largest absolute Gasteiger partial charge is 0.372 e. The second-order valence-electron chi connectivity index (χ2n) is 9.54. The molecule has 2 atom stereocenters. The van der Waals surface area contributed by atoms with Gasteiger partial charge in [-0.05, 0) is 97.8 Å². The van der Waals surface area contributed by atoms with E-state index >= 15 is 0 Å². The van der Waals surface area contributed by atoms with Gasteiger partial charge in [-0.3, -0.25) is 9.36 Å². The second kappa shape index (κ2) is 9.05. The molecule has 1 fully saturated rings. The summed E-state index contributed by atoms with van der Waals surface area (Å²) in [5.74, 6) is 0. The summed E-state index contributed by atoms with van der Waals surface area (Å²) in [6.07, 6.45) is 2.32. The maximum atomic E-state index is 13.6. The molecule has 0 amide bonds. The van der Waals surface area contributed by atoms with Gasteiger partial charge in [0.05, 0.1) is 23.8 Å². The molecule has 0 spiro atoms. The van der Waals surface area contributed by atoms with E-state index in [1.54, 1.807) is 4.57 Å². The minimum absolute atomic E-state index is 0.0416. The Balaban J connectivity index is 1.57. The molecule has 1 unspecified atom stereocenters. The fourth-order valence-corrected chi connectivity index (χ4v) is 5.27. The number of rotatable bonds is 3. The van der Waals surface area contributed by atoms with Crippen molar-refractivity contribution < 1.29 is 4.74 Å². The Kier molecular flexibility index (Phi) is 5.92. The highest BCUT2D eigenvalue weighted by atomic mass is 16.5. The predicted molar refractivity (Wildman–Crippen MR) is 141 cm³/mol. The van der Waals surface area contributed by atoms with Crippen molar-refractivity contribution in [3.05, 3.63) is 93.9 Å². The minimum Gasteiger partial charge on any atom is -0.372 e. The molecule has 0 saturated carbocycles. The van der Waals surface area contributed by atoms with Crippen LogP contribution in [-0.2, 0) is 4.74 Å². The maximum Gasteiger partial charge on any atom is 0.262 e. The number of aryl methyl sites for hydroxylation is 2. The van der Waals surface area contributed by atoms with Gasteiger partial charge in [0.15, 0.2) is 0 Å². The van der Waals surface area contributed by atoms with Gasteiger partial charge in [-0.15, -0.1) is 0 Å². The van der Waals surface area contributed by atoms with E-state index in [4.69, 9.17) is 4.74 Å². The molecule has 5 nitrogen and oxygen atoms in total. The molecule has 2 heterocycles. The van der Waals surface area contributed by atoms with Gasteiger partial charge in [0, 0.05) is 36.0 Å².